The van der Waals surface area contributed by atoms with Crippen LogP contribution < -0.4 is 11.1 Å². The van der Waals surface area contributed by atoms with E-state index in [1.165, 1.54) is 0 Å². The van der Waals surface area contributed by atoms with Crippen LogP contribution in [-0.2, 0) is 4.79 Å². The second-order valence-electron chi connectivity index (χ2n) is 3.25. The average Bonchev–Trinajstić information content (AvgIpc) is 2.24. The molecule has 0 saturated carbocycles. The molecule has 6 heteroatoms. The predicted octanol–water partition coefficient (Wildman–Crippen LogP) is 2.40. The van der Waals surface area contributed by atoms with Crippen molar-refractivity contribution in [3.05, 3.63) is 28.2 Å². The van der Waals surface area contributed by atoms with Crippen LogP contribution in [0.15, 0.2) is 16.6 Å². The molecule has 0 spiro atoms. The monoisotopic (exact) mass is 292 g/mol. The maximum absolute atomic E-state index is 13.2. The summed E-state index contributed by atoms with van der Waals surface area (Å²) in [5.74, 6) is -2.06. The van der Waals surface area contributed by atoms with E-state index in [1.54, 1.807) is 6.92 Å². The highest BCUT2D eigenvalue weighted by Crippen LogP contribution is 2.23. The summed E-state index contributed by atoms with van der Waals surface area (Å²) in [5.41, 5.74) is 5.37. The molecule has 88 valence electrons. The molecule has 0 heterocycles. The van der Waals surface area contributed by atoms with Crippen LogP contribution in [0.3, 0.4) is 0 Å². The summed E-state index contributed by atoms with van der Waals surface area (Å²) in [4.78, 5) is 11.4. The molecule has 1 amide bonds. The van der Waals surface area contributed by atoms with E-state index >= 15 is 0 Å². The van der Waals surface area contributed by atoms with Crippen molar-refractivity contribution in [2.45, 2.75) is 19.4 Å². The van der Waals surface area contributed by atoms with Crippen molar-refractivity contribution >= 4 is 27.5 Å². The van der Waals surface area contributed by atoms with Crippen LogP contribution in [0, 0.1) is 11.6 Å². The molecule has 0 radical (unpaired) electrons. The highest BCUT2D eigenvalue weighted by Gasteiger charge is 2.15. The van der Waals surface area contributed by atoms with Gasteiger partial charge in [-0.2, -0.15) is 0 Å². The van der Waals surface area contributed by atoms with Gasteiger partial charge >= 0.3 is 0 Å². The number of anilines is 1. The fraction of sp³-hybridized carbons (Fsp3) is 0.300. The first kappa shape index (κ1) is 13.1. The molecule has 3 N–H and O–H groups in total. The van der Waals surface area contributed by atoms with Gasteiger partial charge in [-0.15, -0.1) is 0 Å². The van der Waals surface area contributed by atoms with Crippen LogP contribution in [0.5, 0.6) is 0 Å². The molecule has 0 fully saturated rings. The number of carbonyl (C=O) groups excluding carboxylic acids is 1. The van der Waals surface area contributed by atoms with Crippen molar-refractivity contribution in [3.63, 3.8) is 0 Å². The van der Waals surface area contributed by atoms with Crippen molar-refractivity contribution < 1.29 is 13.6 Å². The van der Waals surface area contributed by atoms with Gasteiger partial charge in [0.1, 0.15) is 11.6 Å². The van der Waals surface area contributed by atoms with Crippen molar-refractivity contribution in [1.29, 1.82) is 0 Å². The van der Waals surface area contributed by atoms with E-state index in [2.05, 4.69) is 21.2 Å². The summed E-state index contributed by atoms with van der Waals surface area (Å²) in [6.07, 6.45) is 0.440. The van der Waals surface area contributed by atoms with Crippen molar-refractivity contribution in [3.8, 4) is 0 Å². The van der Waals surface area contributed by atoms with Crippen molar-refractivity contribution in [1.82, 2.24) is 0 Å². The van der Waals surface area contributed by atoms with Gasteiger partial charge < -0.3 is 11.1 Å². The van der Waals surface area contributed by atoms with Crippen molar-refractivity contribution in [2.75, 3.05) is 5.32 Å². The average molecular weight is 293 g/mol. The highest BCUT2D eigenvalue weighted by molar-refractivity contribution is 9.10. The molecule has 1 aromatic carbocycles. The van der Waals surface area contributed by atoms with E-state index in [1.807, 2.05) is 0 Å². The maximum Gasteiger partial charge on any atom is 0.241 e. The Morgan fingerprint density at radius 2 is 2.12 bits per heavy atom. The minimum atomic E-state index is -0.836. The lowest BCUT2D eigenvalue weighted by Gasteiger charge is -2.11. The number of hydrogen-bond donors (Lipinski definition) is 2. The first-order chi connectivity index (χ1) is 7.45. The van der Waals surface area contributed by atoms with Crippen molar-refractivity contribution in [2.24, 2.45) is 5.73 Å². The lowest BCUT2D eigenvalue weighted by molar-refractivity contribution is -0.117. The smallest absolute Gasteiger partial charge is 0.241 e. The number of amides is 1. The van der Waals surface area contributed by atoms with Gasteiger partial charge in [-0.25, -0.2) is 8.78 Å². The van der Waals surface area contributed by atoms with E-state index in [9.17, 15) is 13.6 Å². The molecule has 3 nitrogen and oxygen atoms in total. The van der Waals surface area contributed by atoms with Gasteiger partial charge in [0.2, 0.25) is 5.91 Å². The number of benzene rings is 1. The molecule has 16 heavy (non-hydrogen) atoms. The number of hydrogen-bond acceptors (Lipinski definition) is 2. The molecule has 0 aliphatic carbocycles. The van der Waals surface area contributed by atoms with Gasteiger partial charge in [0.05, 0.1) is 16.2 Å². The van der Waals surface area contributed by atoms with Gasteiger partial charge in [-0.3, -0.25) is 4.79 Å². The molecule has 1 rings (SSSR count). The molecular weight excluding hydrogens is 282 g/mol. The minimum absolute atomic E-state index is 0.0780. The summed E-state index contributed by atoms with van der Waals surface area (Å²) < 4.78 is 26.2. The number of halogens is 3. The van der Waals surface area contributed by atoms with Crippen LogP contribution >= 0.6 is 15.9 Å². The molecule has 0 aliphatic rings. The molecule has 0 aliphatic heterocycles. The maximum atomic E-state index is 13.2. The summed E-state index contributed by atoms with van der Waals surface area (Å²) in [5, 5.41) is 2.29. The Morgan fingerprint density at radius 3 is 2.69 bits per heavy atom. The number of rotatable bonds is 3. The summed E-state index contributed by atoms with van der Waals surface area (Å²) >= 11 is 2.90. The second-order valence-corrected chi connectivity index (χ2v) is 4.10. The molecule has 0 unspecified atom stereocenters. The molecule has 1 atom stereocenters. The van der Waals surface area contributed by atoms with E-state index in [0.29, 0.717) is 12.5 Å². The standard InChI is InChI=1S/C10H11BrF2N2O/c1-2-8(14)10(16)15-9-3-5(11)6(12)4-7(9)13/h3-4,8H,2,14H2,1H3,(H,15,16)/t8-/m0/s1. The Kier molecular flexibility index (Phi) is 4.37. The summed E-state index contributed by atoms with van der Waals surface area (Å²) in [6, 6.07) is 1.14. The van der Waals surface area contributed by atoms with Crippen LogP contribution in [0.25, 0.3) is 0 Å². The zero-order chi connectivity index (χ0) is 12.3. The van der Waals surface area contributed by atoms with E-state index < -0.39 is 23.6 Å². The largest absolute Gasteiger partial charge is 0.322 e. The number of nitrogens with one attached hydrogen (secondary N) is 1. The third kappa shape index (κ3) is 2.99. The first-order valence-corrected chi connectivity index (χ1v) is 5.46. The molecule has 0 saturated heterocycles. The third-order valence-electron chi connectivity index (χ3n) is 2.04. The predicted molar refractivity (Wildman–Crippen MR) is 61.0 cm³/mol. The van der Waals surface area contributed by atoms with Gasteiger partial charge in [0.25, 0.3) is 0 Å². The van der Waals surface area contributed by atoms with E-state index in [-0.39, 0.29) is 10.2 Å². The molecule has 1 aromatic rings. The van der Waals surface area contributed by atoms with Gasteiger partial charge in [0.15, 0.2) is 0 Å². The second kappa shape index (κ2) is 5.36. The minimum Gasteiger partial charge on any atom is -0.322 e. The fourth-order valence-corrected chi connectivity index (χ4v) is 1.37. The lowest BCUT2D eigenvalue weighted by atomic mass is 10.2. The van der Waals surface area contributed by atoms with Crippen LogP contribution in [-0.4, -0.2) is 11.9 Å². The number of carbonyl (C=O) groups is 1. The molecule has 0 bridgehead atoms. The first-order valence-electron chi connectivity index (χ1n) is 4.66. The Hall–Kier alpha value is -1.01. The summed E-state index contributed by atoms with van der Waals surface area (Å²) in [7, 11) is 0. The topological polar surface area (TPSA) is 55.1 Å². The Labute approximate surface area is 100 Å². The van der Waals surface area contributed by atoms with E-state index in [4.69, 9.17) is 5.73 Å². The highest BCUT2D eigenvalue weighted by atomic mass is 79.9. The Balaban J connectivity index is 2.90. The van der Waals surface area contributed by atoms with Gasteiger partial charge in [0, 0.05) is 6.07 Å². The normalized spacial score (nSPS) is 12.3. The Morgan fingerprint density at radius 1 is 1.50 bits per heavy atom. The van der Waals surface area contributed by atoms with Gasteiger partial charge in [-0.05, 0) is 28.4 Å². The summed E-state index contributed by atoms with van der Waals surface area (Å²) in [6.45, 7) is 1.74. The van der Waals surface area contributed by atoms with Gasteiger partial charge in [-0.1, -0.05) is 6.92 Å². The fourth-order valence-electron chi connectivity index (χ4n) is 1.03. The molecular formula is C10H11BrF2N2O. The zero-order valence-corrected chi connectivity index (χ0v) is 10.1. The third-order valence-corrected chi connectivity index (χ3v) is 2.65. The number of nitrogens with two attached hydrogens (primary N) is 1. The zero-order valence-electron chi connectivity index (χ0n) is 8.56. The molecule has 0 aromatic heterocycles. The van der Waals surface area contributed by atoms with Crippen LogP contribution in [0.2, 0.25) is 0 Å². The lowest BCUT2D eigenvalue weighted by Crippen LogP contribution is -2.35. The van der Waals surface area contributed by atoms with Crippen LogP contribution in [0.1, 0.15) is 13.3 Å². The Bertz CT molecular complexity index is 412. The quantitative estimate of drug-likeness (QED) is 0.841. The van der Waals surface area contributed by atoms with E-state index in [0.717, 1.165) is 6.07 Å². The SMILES string of the molecule is CC[C@H](N)C(=O)Nc1cc(Br)c(F)cc1F. The van der Waals surface area contributed by atoms with Crippen LogP contribution in [0.4, 0.5) is 14.5 Å².